The molecule has 0 unspecified atom stereocenters. The molecule has 0 aliphatic rings. The fourth-order valence-electron chi connectivity index (χ4n) is 2.57. The minimum Gasteiger partial charge on any atom is -0.340 e. The lowest BCUT2D eigenvalue weighted by molar-refractivity contribution is 1.23. The fraction of sp³-hybridized carbons (Fsp3) is 0.0526. The third-order valence-electron chi connectivity index (χ3n) is 3.77. The van der Waals surface area contributed by atoms with Gasteiger partial charge in [0.05, 0.1) is 5.39 Å². The summed E-state index contributed by atoms with van der Waals surface area (Å²) in [6, 6.07) is 18.7. The predicted molar refractivity (Wildman–Crippen MR) is 97.3 cm³/mol. The molecule has 23 heavy (non-hydrogen) atoms. The van der Waals surface area contributed by atoms with Gasteiger partial charge in [0, 0.05) is 16.6 Å². The number of fused-ring (bicyclic) bond motifs is 1. The van der Waals surface area contributed by atoms with E-state index in [2.05, 4.69) is 76.1 Å². The second-order valence-corrected chi connectivity index (χ2v) is 6.27. The molecule has 2 aromatic carbocycles. The molecule has 0 saturated carbocycles. The lowest BCUT2D eigenvalue weighted by Gasteiger charge is -2.08. The standard InChI is InChI=1S/C19H15N3S/c1-13-7-9-15(10-8-13)22-18-17-16(14-5-3-2-4-6-14)11-23-19(17)21-12-20-18/h2-12H,1H3,(H,20,21,22). The van der Waals surface area contributed by atoms with Gasteiger partial charge in [-0.25, -0.2) is 9.97 Å². The van der Waals surface area contributed by atoms with Crippen molar-refractivity contribution in [2.24, 2.45) is 0 Å². The van der Waals surface area contributed by atoms with E-state index in [1.807, 2.05) is 6.07 Å². The maximum absolute atomic E-state index is 4.47. The van der Waals surface area contributed by atoms with Gasteiger partial charge >= 0.3 is 0 Å². The molecule has 2 heterocycles. The second kappa shape index (κ2) is 5.82. The molecule has 0 fully saturated rings. The van der Waals surface area contributed by atoms with Crippen LogP contribution in [0.1, 0.15) is 5.56 Å². The van der Waals surface area contributed by atoms with E-state index >= 15 is 0 Å². The van der Waals surface area contributed by atoms with Gasteiger partial charge in [-0.1, -0.05) is 48.0 Å². The number of hydrogen-bond donors (Lipinski definition) is 1. The van der Waals surface area contributed by atoms with Crippen molar-refractivity contribution in [3.63, 3.8) is 0 Å². The molecular weight excluding hydrogens is 302 g/mol. The lowest BCUT2D eigenvalue weighted by Crippen LogP contribution is -1.95. The largest absolute Gasteiger partial charge is 0.340 e. The minimum absolute atomic E-state index is 0.846. The van der Waals surface area contributed by atoms with Crippen LogP contribution in [0.25, 0.3) is 21.3 Å². The first-order valence-corrected chi connectivity index (χ1v) is 8.30. The maximum Gasteiger partial charge on any atom is 0.143 e. The highest BCUT2D eigenvalue weighted by Crippen LogP contribution is 2.37. The highest BCUT2D eigenvalue weighted by molar-refractivity contribution is 7.17. The Kier molecular flexibility index (Phi) is 3.52. The molecule has 0 bridgehead atoms. The average Bonchev–Trinajstić information content (AvgIpc) is 3.03. The first-order valence-electron chi connectivity index (χ1n) is 7.42. The zero-order valence-electron chi connectivity index (χ0n) is 12.7. The summed E-state index contributed by atoms with van der Waals surface area (Å²) in [5.41, 5.74) is 4.62. The van der Waals surface area contributed by atoms with Crippen LogP contribution in [0.5, 0.6) is 0 Å². The van der Waals surface area contributed by atoms with Gasteiger partial charge in [0.25, 0.3) is 0 Å². The Hall–Kier alpha value is -2.72. The summed E-state index contributed by atoms with van der Waals surface area (Å²) >= 11 is 1.64. The molecule has 1 N–H and O–H groups in total. The van der Waals surface area contributed by atoms with Crippen LogP contribution in [0, 0.1) is 6.92 Å². The lowest BCUT2D eigenvalue weighted by atomic mass is 10.1. The molecule has 0 amide bonds. The molecular formula is C19H15N3S. The van der Waals surface area contributed by atoms with E-state index in [1.54, 1.807) is 17.7 Å². The number of anilines is 2. The number of aromatic nitrogens is 2. The van der Waals surface area contributed by atoms with Crippen LogP contribution in [0.3, 0.4) is 0 Å². The van der Waals surface area contributed by atoms with E-state index in [0.717, 1.165) is 21.7 Å². The van der Waals surface area contributed by atoms with E-state index in [9.17, 15) is 0 Å². The van der Waals surface area contributed by atoms with Crippen molar-refractivity contribution in [2.75, 3.05) is 5.32 Å². The Labute approximate surface area is 138 Å². The van der Waals surface area contributed by atoms with Gasteiger partial charge in [-0.15, -0.1) is 11.3 Å². The number of thiophene rings is 1. The smallest absolute Gasteiger partial charge is 0.143 e. The molecule has 4 rings (SSSR count). The number of rotatable bonds is 3. The molecule has 0 radical (unpaired) electrons. The predicted octanol–water partition coefficient (Wildman–Crippen LogP) is 5.41. The third kappa shape index (κ3) is 2.69. The van der Waals surface area contributed by atoms with E-state index in [0.29, 0.717) is 0 Å². The quantitative estimate of drug-likeness (QED) is 0.549. The summed E-state index contributed by atoms with van der Waals surface area (Å²) in [6.07, 6.45) is 1.62. The number of aryl methyl sites for hydroxylation is 1. The molecule has 2 aromatic heterocycles. The van der Waals surface area contributed by atoms with Crippen molar-refractivity contribution >= 4 is 33.1 Å². The Bertz CT molecular complexity index is 943. The van der Waals surface area contributed by atoms with Crippen molar-refractivity contribution < 1.29 is 0 Å². The molecule has 4 aromatic rings. The minimum atomic E-state index is 0.846. The fourth-order valence-corrected chi connectivity index (χ4v) is 3.49. The highest BCUT2D eigenvalue weighted by Gasteiger charge is 2.13. The second-order valence-electron chi connectivity index (χ2n) is 5.41. The Morgan fingerprint density at radius 3 is 2.48 bits per heavy atom. The van der Waals surface area contributed by atoms with Crippen LogP contribution >= 0.6 is 11.3 Å². The molecule has 3 nitrogen and oxygen atoms in total. The highest BCUT2D eigenvalue weighted by atomic mass is 32.1. The van der Waals surface area contributed by atoms with E-state index in [4.69, 9.17) is 0 Å². The van der Waals surface area contributed by atoms with Gasteiger partial charge in [-0.05, 0) is 24.6 Å². The summed E-state index contributed by atoms with van der Waals surface area (Å²) in [5.74, 6) is 0.846. The summed E-state index contributed by atoms with van der Waals surface area (Å²) in [6.45, 7) is 2.08. The van der Waals surface area contributed by atoms with Gasteiger partial charge in [0.1, 0.15) is 17.0 Å². The molecule has 0 atom stereocenters. The average molecular weight is 317 g/mol. The molecule has 0 aliphatic heterocycles. The van der Waals surface area contributed by atoms with Gasteiger partial charge in [-0.2, -0.15) is 0 Å². The van der Waals surface area contributed by atoms with E-state index in [-0.39, 0.29) is 0 Å². The topological polar surface area (TPSA) is 37.8 Å². The van der Waals surface area contributed by atoms with Crippen molar-refractivity contribution in [3.8, 4) is 11.1 Å². The summed E-state index contributed by atoms with van der Waals surface area (Å²) in [4.78, 5) is 9.87. The third-order valence-corrected chi connectivity index (χ3v) is 4.66. The first kappa shape index (κ1) is 13.9. The number of nitrogens with zero attached hydrogens (tertiary/aromatic N) is 2. The number of hydrogen-bond acceptors (Lipinski definition) is 4. The Morgan fingerprint density at radius 2 is 1.70 bits per heavy atom. The number of benzene rings is 2. The molecule has 4 heteroatoms. The van der Waals surface area contributed by atoms with Crippen molar-refractivity contribution in [1.29, 1.82) is 0 Å². The zero-order chi connectivity index (χ0) is 15.6. The van der Waals surface area contributed by atoms with Crippen LogP contribution in [0.4, 0.5) is 11.5 Å². The van der Waals surface area contributed by atoms with Crippen LogP contribution in [0.15, 0.2) is 66.3 Å². The van der Waals surface area contributed by atoms with Gasteiger partial charge in [0.2, 0.25) is 0 Å². The summed E-state index contributed by atoms with van der Waals surface area (Å²) in [5, 5.41) is 6.65. The zero-order valence-corrected chi connectivity index (χ0v) is 13.5. The Balaban J connectivity index is 1.83. The van der Waals surface area contributed by atoms with E-state index in [1.165, 1.54) is 16.7 Å². The van der Waals surface area contributed by atoms with Crippen molar-refractivity contribution in [2.45, 2.75) is 6.92 Å². The van der Waals surface area contributed by atoms with Crippen LogP contribution in [-0.2, 0) is 0 Å². The SMILES string of the molecule is Cc1ccc(Nc2ncnc3scc(-c4ccccc4)c23)cc1. The number of nitrogens with one attached hydrogen (secondary N) is 1. The van der Waals surface area contributed by atoms with Gasteiger partial charge in [-0.3, -0.25) is 0 Å². The van der Waals surface area contributed by atoms with Crippen LogP contribution in [-0.4, -0.2) is 9.97 Å². The maximum atomic E-state index is 4.47. The van der Waals surface area contributed by atoms with E-state index < -0.39 is 0 Å². The van der Waals surface area contributed by atoms with Gasteiger partial charge < -0.3 is 5.32 Å². The first-order chi connectivity index (χ1) is 11.3. The van der Waals surface area contributed by atoms with Crippen LogP contribution < -0.4 is 5.32 Å². The normalized spacial score (nSPS) is 10.8. The molecule has 0 saturated heterocycles. The molecule has 112 valence electrons. The molecule has 0 spiro atoms. The summed E-state index contributed by atoms with van der Waals surface area (Å²) in [7, 11) is 0. The van der Waals surface area contributed by atoms with Gasteiger partial charge in [0.15, 0.2) is 0 Å². The van der Waals surface area contributed by atoms with Crippen molar-refractivity contribution in [1.82, 2.24) is 9.97 Å². The summed E-state index contributed by atoms with van der Waals surface area (Å²) < 4.78 is 0. The molecule has 0 aliphatic carbocycles. The monoisotopic (exact) mass is 317 g/mol. The van der Waals surface area contributed by atoms with Crippen molar-refractivity contribution in [3.05, 3.63) is 71.9 Å². The Morgan fingerprint density at radius 1 is 0.913 bits per heavy atom. The van der Waals surface area contributed by atoms with Crippen LogP contribution in [0.2, 0.25) is 0 Å².